The maximum Gasteiger partial charge on any atom is 0.417 e. The number of rotatable bonds is 5. The number of hydrogen-bond acceptors (Lipinski definition) is 6. The summed E-state index contributed by atoms with van der Waals surface area (Å²) in [6, 6.07) is 3.86. The number of alkyl halides is 3. The number of aliphatic hydroxyl groups is 1. The van der Waals surface area contributed by atoms with Crippen LogP contribution in [0.15, 0.2) is 39.6 Å². The average Bonchev–Trinajstić information content (AvgIpc) is 3.34. The van der Waals surface area contributed by atoms with Gasteiger partial charge in [-0.1, -0.05) is 28.4 Å². The molecule has 4 rings (SSSR count). The molecule has 0 saturated heterocycles. The van der Waals surface area contributed by atoms with Crippen LogP contribution in [-0.4, -0.2) is 37.8 Å². The zero-order valence-electron chi connectivity index (χ0n) is 15.1. The van der Waals surface area contributed by atoms with Crippen LogP contribution in [0.2, 0.25) is 10.0 Å². The van der Waals surface area contributed by atoms with Crippen LogP contribution in [0.4, 0.5) is 13.2 Å². The lowest BCUT2D eigenvalue weighted by atomic mass is 10.2. The van der Waals surface area contributed by atoms with Gasteiger partial charge in [0.15, 0.2) is 5.65 Å². The van der Waals surface area contributed by atoms with Crippen molar-refractivity contribution in [3.8, 4) is 28.7 Å². The SMILES string of the molecule is OCCOc1cc(Cl)c(-c2noc(-c3cn4cc(C(F)(F)F)cc(Br)c4n3)n2)cc1Cl. The topological polar surface area (TPSA) is 85.7 Å². The van der Waals surface area contributed by atoms with Crippen LogP contribution < -0.4 is 4.74 Å². The molecular formula is C18H10BrCl2F3N4O3. The second-order valence-corrected chi connectivity index (χ2v) is 7.86. The number of nitrogens with zero attached hydrogens (tertiary/aromatic N) is 4. The second kappa shape index (κ2) is 8.30. The van der Waals surface area contributed by atoms with Crippen LogP contribution >= 0.6 is 39.1 Å². The summed E-state index contributed by atoms with van der Waals surface area (Å²) in [7, 11) is 0. The van der Waals surface area contributed by atoms with Crippen molar-refractivity contribution in [2.45, 2.75) is 6.18 Å². The summed E-state index contributed by atoms with van der Waals surface area (Å²) in [5.74, 6) is 0.355. The lowest BCUT2D eigenvalue weighted by Gasteiger charge is -2.08. The van der Waals surface area contributed by atoms with Gasteiger partial charge in [0.05, 0.1) is 26.7 Å². The van der Waals surface area contributed by atoms with Gasteiger partial charge in [-0.15, -0.1) is 0 Å². The van der Waals surface area contributed by atoms with Gasteiger partial charge in [-0.05, 0) is 28.1 Å². The molecule has 1 N–H and O–H groups in total. The molecule has 0 aliphatic carbocycles. The van der Waals surface area contributed by atoms with Gasteiger partial charge in [-0.25, -0.2) is 4.98 Å². The molecular weight excluding hydrogens is 528 g/mol. The van der Waals surface area contributed by atoms with E-state index in [-0.39, 0.29) is 56.5 Å². The summed E-state index contributed by atoms with van der Waals surface area (Å²) in [4.78, 5) is 8.48. The van der Waals surface area contributed by atoms with Crippen molar-refractivity contribution in [2.75, 3.05) is 13.2 Å². The van der Waals surface area contributed by atoms with Gasteiger partial charge in [-0.2, -0.15) is 18.2 Å². The van der Waals surface area contributed by atoms with Crippen LogP contribution in [0.1, 0.15) is 5.56 Å². The quantitative estimate of drug-likeness (QED) is 0.361. The Morgan fingerprint density at radius 1 is 1.13 bits per heavy atom. The Labute approximate surface area is 190 Å². The number of halogens is 6. The summed E-state index contributed by atoms with van der Waals surface area (Å²) in [6.07, 6.45) is -2.26. The summed E-state index contributed by atoms with van der Waals surface area (Å²) in [5, 5.41) is 13.1. The molecule has 0 aliphatic rings. The van der Waals surface area contributed by atoms with Gasteiger partial charge < -0.3 is 18.8 Å². The van der Waals surface area contributed by atoms with Crippen molar-refractivity contribution in [3.63, 3.8) is 0 Å². The highest BCUT2D eigenvalue weighted by atomic mass is 79.9. The van der Waals surface area contributed by atoms with Crippen LogP contribution in [0.5, 0.6) is 5.75 Å². The predicted octanol–water partition coefficient (Wildman–Crippen LogP) is 5.51. The first kappa shape index (κ1) is 21.9. The lowest BCUT2D eigenvalue weighted by Crippen LogP contribution is -2.06. The van der Waals surface area contributed by atoms with Crippen molar-refractivity contribution in [2.24, 2.45) is 0 Å². The fourth-order valence-corrected chi connectivity index (χ4v) is 3.71. The maximum absolute atomic E-state index is 13.0. The molecule has 0 unspecified atom stereocenters. The van der Waals surface area contributed by atoms with E-state index < -0.39 is 11.7 Å². The van der Waals surface area contributed by atoms with Crippen molar-refractivity contribution < 1.29 is 27.5 Å². The third-order valence-electron chi connectivity index (χ3n) is 4.09. The Bertz CT molecular complexity index is 1280. The van der Waals surface area contributed by atoms with Gasteiger partial charge >= 0.3 is 6.18 Å². The summed E-state index contributed by atoms with van der Waals surface area (Å²) in [5.41, 5.74) is -0.0765. The molecule has 13 heteroatoms. The Morgan fingerprint density at radius 2 is 1.90 bits per heavy atom. The monoisotopic (exact) mass is 536 g/mol. The smallest absolute Gasteiger partial charge is 0.417 e. The van der Waals surface area contributed by atoms with Crippen LogP contribution in [0, 0.1) is 0 Å². The summed E-state index contributed by atoms with van der Waals surface area (Å²) >= 11 is 15.5. The number of benzene rings is 1. The van der Waals surface area contributed by atoms with E-state index in [4.69, 9.17) is 37.6 Å². The van der Waals surface area contributed by atoms with Gasteiger partial charge in [-0.3, -0.25) is 0 Å². The molecule has 0 atom stereocenters. The minimum Gasteiger partial charge on any atom is -0.490 e. The highest BCUT2D eigenvalue weighted by Gasteiger charge is 2.32. The standard InChI is InChI=1S/C18H10BrCl2F3N4O3/c19-10-3-8(18(22,23)24)6-28-7-13(25-16(10)28)17-26-15(27-31-17)9-4-12(21)14(5-11(9)20)30-2-1-29/h3-7,29H,1-2H2. The van der Waals surface area contributed by atoms with Gasteiger partial charge in [0.25, 0.3) is 5.89 Å². The summed E-state index contributed by atoms with van der Waals surface area (Å²) < 4.78 is 51.0. The van der Waals surface area contributed by atoms with Crippen LogP contribution in [-0.2, 0) is 6.18 Å². The fraction of sp³-hybridized carbons (Fsp3) is 0.167. The third kappa shape index (κ3) is 4.36. The highest BCUT2D eigenvalue weighted by Crippen LogP contribution is 2.37. The molecule has 0 radical (unpaired) electrons. The molecule has 4 aromatic rings. The predicted molar refractivity (Wildman–Crippen MR) is 109 cm³/mol. The highest BCUT2D eigenvalue weighted by molar-refractivity contribution is 9.10. The molecule has 0 spiro atoms. The molecule has 162 valence electrons. The number of hydrogen-bond donors (Lipinski definition) is 1. The summed E-state index contributed by atoms with van der Waals surface area (Å²) in [6.45, 7) is -0.148. The second-order valence-electron chi connectivity index (χ2n) is 6.19. The molecule has 0 amide bonds. The molecule has 3 aromatic heterocycles. The Hall–Kier alpha value is -2.34. The maximum atomic E-state index is 13.0. The van der Waals surface area contributed by atoms with E-state index in [1.54, 1.807) is 0 Å². The molecule has 0 aliphatic heterocycles. The molecule has 7 nitrogen and oxygen atoms in total. The third-order valence-corrected chi connectivity index (χ3v) is 5.28. The molecule has 1 aromatic carbocycles. The van der Waals surface area contributed by atoms with Crippen LogP contribution in [0.3, 0.4) is 0 Å². The van der Waals surface area contributed by atoms with Crippen LogP contribution in [0.25, 0.3) is 28.6 Å². The van der Waals surface area contributed by atoms with E-state index in [0.29, 0.717) is 5.56 Å². The van der Waals surface area contributed by atoms with E-state index in [1.165, 1.54) is 22.7 Å². The number of ether oxygens (including phenoxy) is 1. The van der Waals surface area contributed by atoms with E-state index in [1.807, 2.05) is 0 Å². The first-order valence-electron chi connectivity index (χ1n) is 8.50. The van der Waals surface area contributed by atoms with E-state index in [9.17, 15) is 13.2 Å². The molecule has 0 bridgehead atoms. The van der Waals surface area contributed by atoms with E-state index in [2.05, 4.69) is 31.1 Å². The molecule has 0 saturated carbocycles. The van der Waals surface area contributed by atoms with Crippen molar-refractivity contribution in [3.05, 3.63) is 50.7 Å². The lowest BCUT2D eigenvalue weighted by molar-refractivity contribution is -0.137. The molecule has 3 heterocycles. The number of imidazole rings is 1. The van der Waals surface area contributed by atoms with E-state index in [0.717, 1.165) is 12.3 Å². The largest absolute Gasteiger partial charge is 0.490 e. The normalized spacial score (nSPS) is 12.0. The van der Waals surface area contributed by atoms with Crippen molar-refractivity contribution in [1.29, 1.82) is 0 Å². The van der Waals surface area contributed by atoms with Crippen molar-refractivity contribution in [1.82, 2.24) is 19.5 Å². The minimum atomic E-state index is -4.51. The zero-order chi connectivity index (χ0) is 22.3. The molecule has 31 heavy (non-hydrogen) atoms. The number of aromatic nitrogens is 4. The number of pyridine rings is 1. The van der Waals surface area contributed by atoms with Gasteiger partial charge in [0, 0.05) is 24.0 Å². The van der Waals surface area contributed by atoms with Crippen molar-refractivity contribution >= 4 is 44.8 Å². The zero-order valence-corrected chi connectivity index (χ0v) is 18.2. The minimum absolute atomic E-state index is 0.0213. The average molecular weight is 538 g/mol. The van der Waals surface area contributed by atoms with Gasteiger partial charge in [0.2, 0.25) is 5.82 Å². The fourth-order valence-electron chi connectivity index (χ4n) is 2.72. The Balaban J connectivity index is 1.70. The number of fused-ring (bicyclic) bond motifs is 1. The first-order valence-corrected chi connectivity index (χ1v) is 10.0. The Morgan fingerprint density at radius 3 is 2.61 bits per heavy atom. The first-order chi connectivity index (χ1) is 14.7. The van der Waals surface area contributed by atoms with Gasteiger partial charge in [0.1, 0.15) is 18.1 Å². The van der Waals surface area contributed by atoms with E-state index >= 15 is 0 Å². The Kier molecular flexibility index (Phi) is 5.86. The molecule has 0 fully saturated rings. The number of aliphatic hydroxyl groups excluding tert-OH is 1.